The molecule has 180 valence electrons. The lowest BCUT2D eigenvalue weighted by molar-refractivity contribution is -0.140. The summed E-state index contributed by atoms with van der Waals surface area (Å²) in [5, 5.41) is 5.01. The molecule has 1 atom stereocenters. The number of ether oxygens (including phenoxy) is 1. The van der Waals surface area contributed by atoms with Crippen LogP contribution in [0, 0.1) is 5.92 Å². The Balaban J connectivity index is 1.27. The number of carbonyl (C=O) groups is 1. The van der Waals surface area contributed by atoms with Crippen LogP contribution >= 0.6 is 0 Å². The van der Waals surface area contributed by atoms with Crippen LogP contribution in [0.15, 0.2) is 91.0 Å². The number of fused-ring (bicyclic) bond motifs is 4. The minimum absolute atomic E-state index is 0.0104. The van der Waals surface area contributed by atoms with Crippen molar-refractivity contribution in [2.75, 3.05) is 0 Å². The Morgan fingerprint density at radius 3 is 1.84 bits per heavy atom. The molecule has 1 unspecified atom stereocenters. The van der Waals surface area contributed by atoms with E-state index >= 15 is 0 Å². The van der Waals surface area contributed by atoms with E-state index < -0.39 is 0 Å². The van der Waals surface area contributed by atoms with E-state index in [9.17, 15) is 4.79 Å². The summed E-state index contributed by atoms with van der Waals surface area (Å²) in [7, 11) is 0. The summed E-state index contributed by atoms with van der Waals surface area (Å²) >= 11 is 0. The third-order valence-corrected chi connectivity index (χ3v) is 9.08. The number of benzene rings is 5. The monoisotopic (exact) mass is 480 g/mol. The predicted octanol–water partition coefficient (Wildman–Crippen LogP) is 8.07. The lowest BCUT2D eigenvalue weighted by atomic mass is 9.58. The zero-order valence-electron chi connectivity index (χ0n) is 20.7. The Kier molecular flexibility index (Phi) is 4.61. The van der Waals surface area contributed by atoms with Crippen LogP contribution in [0.4, 0.5) is 0 Å². The highest BCUT2D eigenvalue weighted by Crippen LogP contribution is 2.57. The van der Waals surface area contributed by atoms with E-state index in [1.807, 2.05) is 12.1 Å². The van der Waals surface area contributed by atoms with E-state index in [4.69, 9.17) is 4.74 Å². The number of hydrogen-bond donors (Lipinski definition) is 0. The van der Waals surface area contributed by atoms with E-state index in [2.05, 4.69) is 78.9 Å². The fourth-order valence-electron chi connectivity index (χ4n) is 7.36. The molecule has 0 fully saturated rings. The Morgan fingerprint density at radius 1 is 0.649 bits per heavy atom. The minimum atomic E-state index is -0.188. The number of hydrogen-bond acceptors (Lipinski definition) is 2. The maximum atomic E-state index is 14.0. The smallest absolute Gasteiger partial charge is 0.315 e. The van der Waals surface area contributed by atoms with Gasteiger partial charge in [-0.1, -0.05) is 84.9 Å². The third kappa shape index (κ3) is 3.21. The topological polar surface area (TPSA) is 26.3 Å². The van der Waals surface area contributed by atoms with Crippen LogP contribution in [0.25, 0.3) is 21.5 Å². The first-order valence-corrected chi connectivity index (χ1v) is 13.6. The second kappa shape index (κ2) is 8.05. The molecular weight excluding hydrogens is 452 g/mol. The van der Waals surface area contributed by atoms with Crippen LogP contribution < -0.4 is 4.74 Å². The van der Waals surface area contributed by atoms with Gasteiger partial charge in [-0.2, -0.15) is 0 Å². The van der Waals surface area contributed by atoms with Gasteiger partial charge in [0.2, 0.25) is 0 Å². The standard InChI is InChI=1S/C35H28O2/c36-35(37-33-15-7-13-21-8-5-6-14-26(21)33)32-20-29-27-16-22-9-1-3-11-24(22)18-30(27)34(32)31-19-25-12-4-2-10-23(25)17-28(29)31/h1-4,7,9-13,15-19,29,32,34H,5-6,8,14,20H2. The van der Waals surface area contributed by atoms with E-state index in [0.29, 0.717) is 0 Å². The molecule has 0 heterocycles. The van der Waals surface area contributed by atoms with Crippen molar-refractivity contribution < 1.29 is 9.53 Å². The molecule has 2 bridgehead atoms. The first-order valence-electron chi connectivity index (χ1n) is 13.6. The fourth-order valence-corrected chi connectivity index (χ4v) is 7.36. The quantitative estimate of drug-likeness (QED) is 0.189. The zero-order valence-corrected chi connectivity index (χ0v) is 20.7. The van der Waals surface area contributed by atoms with Gasteiger partial charge in [0.15, 0.2) is 0 Å². The van der Waals surface area contributed by atoms with Gasteiger partial charge < -0.3 is 4.74 Å². The summed E-state index contributed by atoms with van der Waals surface area (Å²) in [4.78, 5) is 14.0. The van der Waals surface area contributed by atoms with E-state index in [1.165, 1.54) is 61.3 Å². The van der Waals surface area contributed by atoms with Gasteiger partial charge in [-0.3, -0.25) is 4.79 Å². The molecule has 4 aliphatic rings. The lowest BCUT2D eigenvalue weighted by Crippen LogP contribution is -2.38. The van der Waals surface area contributed by atoms with Gasteiger partial charge in [-0.05, 0) is 93.1 Å². The van der Waals surface area contributed by atoms with Crippen molar-refractivity contribution in [2.45, 2.75) is 43.9 Å². The molecule has 9 rings (SSSR count). The Hall–Kier alpha value is -3.91. The van der Waals surface area contributed by atoms with Gasteiger partial charge in [0.25, 0.3) is 0 Å². The lowest BCUT2D eigenvalue weighted by Gasteiger charge is -2.45. The average Bonchev–Trinajstić information content (AvgIpc) is 2.95. The molecule has 5 aromatic carbocycles. The normalized spacial score (nSPS) is 21.4. The first kappa shape index (κ1) is 21.2. The molecule has 0 aromatic heterocycles. The van der Waals surface area contributed by atoms with Crippen molar-refractivity contribution in [1.29, 1.82) is 0 Å². The van der Waals surface area contributed by atoms with Crippen LogP contribution in [0.2, 0.25) is 0 Å². The fraction of sp³-hybridized carbons (Fsp3) is 0.229. The molecule has 0 aliphatic heterocycles. The molecule has 4 aliphatic carbocycles. The van der Waals surface area contributed by atoms with Crippen LogP contribution in [-0.4, -0.2) is 5.97 Å². The summed E-state index contributed by atoms with van der Waals surface area (Å²) in [6.45, 7) is 0. The molecule has 0 radical (unpaired) electrons. The van der Waals surface area contributed by atoms with Crippen LogP contribution in [0.3, 0.4) is 0 Å². The summed E-state index contributed by atoms with van der Waals surface area (Å²) in [6.07, 6.45) is 5.26. The van der Waals surface area contributed by atoms with Crippen molar-refractivity contribution in [3.63, 3.8) is 0 Å². The Bertz CT molecular complexity index is 1640. The molecule has 0 saturated heterocycles. The molecule has 0 saturated carbocycles. The van der Waals surface area contributed by atoms with Crippen molar-refractivity contribution in [3.05, 3.63) is 124 Å². The van der Waals surface area contributed by atoms with Crippen molar-refractivity contribution in [1.82, 2.24) is 0 Å². The highest BCUT2D eigenvalue weighted by molar-refractivity contribution is 5.90. The van der Waals surface area contributed by atoms with Crippen molar-refractivity contribution >= 4 is 27.5 Å². The molecule has 5 aromatic rings. The van der Waals surface area contributed by atoms with Crippen molar-refractivity contribution in [2.24, 2.45) is 5.92 Å². The highest BCUT2D eigenvalue weighted by Gasteiger charge is 2.47. The van der Waals surface area contributed by atoms with Gasteiger partial charge in [0, 0.05) is 11.8 Å². The van der Waals surface area contributed by atoms with Crippen LogP contribution in [-0.2, 0) is 17.6 Å². The van der Waals surface area contributed by atoms with Gasteiger partial charge >= 0.3 is 5.97 Å². The van der Waals surface area contributed by atoms with Crippen LogP contribution in [0.1, 0.15) is 64.5 Å². The predicted molar refractivity (Wildman–Crippen MR) is 148 cm³/mol. The minimum Gasteiger partial charge on any atom is -0.426 e. The van der Waals surface area contributed by atoms with Crippen molar-refractivity contribution in [3.8, 4) is 5.75 Å². The summed E-state index contributed by atoms with van der Waals surface area (Å²) in [5.74, 6) is 0.724. The molecule has 0 spiro atoms. The zero-order chi connectivity index (χ0) is 24.5. The van der Waals surface area contributed by atoms with E-state index in [-0.39, 0.29) is 23.7 Å². The second-order valence-electron chi connectivity index (χ2n) is 11.1. The number of carbonyl (C=O) groups excluding carboxylic acids is 1. The van der Waals surface area contributed by atoms with E-state index in [0.717, 1.165) is 31.4 Å². The summed E-state index contributed by atoms with van der Waals surface area (Å²) < 4.78 is 6.27. The molecule has 0 amide bonds. The maximum Gasteiger partial charge on any atom is 0.315 e. The maximum absolute atomic E-state index is 14.0. The Labute approximate surface area is 216 Å². The van der Waals surface area contributed by atoms with Gasteiger partial charge in [0.1, 0.15) is 5.75 Å². The third-order valence-electron chi connectivity index (χ3n) is 9.08. The molecule has 2 nitrogen and oxygen atoms in total. The first-order chi connectivity index (χ1) is 18.2. The average molecular weight is 481 g/mol. The van der Waals surface area contributed by atoms with Gasteiger partial charge in [-0.25, -0.2) is 0 Å². The summed E-state index contributed by atoms with van der Waals surface area (Å²) in [6, 6.07) is 32.8. The molecular formula is C35H28O2. The number of aryl methyl sites for hydroxylation is 1. The molecule has 0 N–H and O–H groups in total. The largest absolute Gasteiger partial charge is 0.426 e. The molecule has 37 heavy (non-hydrogen) atoms. The second-order valence-corrected chi connectivity index (χ2v) is 11.1. The summed E-state index contributed by atoms with van der Waals surface area (Å²) in [5.41, 5.74) is 7.95. The van der Waals surface area contributed by atoms with Gasteiger partial charge in [-0.15, -0.1) is 0 Å². The Morgan fingerprint density at radius 2 is 1.22 bits per heavy atom. The highest BCUT2D eigenvalue weighted by atomic mass is 16.5. The van der Waals surface area contributed by atoms with Crippen LogP contribution in [0.5, 0.6) is 5.75 Å². The SMILES string of the molecule is O=C(Oc1cccc2c1CCCC2)C1CC2c3cc4ccccc4cc3C1c1cc3ccccc3cc12. The molecule has 2 heteroatoms. The number of rotatable bonds is 2. The van der Waals surface area contributed by atoms with Gasteiger partial charge in [0.05, 0.1) is 5.92 Å². The van der Waals surface area contributed by atoms with E-state index in [1.54, 1.807) is 0 Å². The number of esters is 1.